The van der Waals surface area contributed by atoms with Crippen LogP contribution in [0.15, 0.2) is 12.2 Å². The van der Waals surface area contributed by atoms with Gasteiger partial charge in [-0.15, -0.1) is 0 Å². The molecule has 0 spiro atoms. The second kappa shape index (κ2) is 9.57. The summed E-state index contributed by atoms with van der Waals surface area (Å²) in [4.78, 5) is 34.6. The molecule has 0 fully saturated rings. The lowest BCUT2D eigenvalue weighted by Gasteiger charge is -2.12. The molecule has 0 aromatic rings. The predicted octanol–water partition coefficient (Wildman–Crippen LogP) is 2.48. The summed E-state index contributed by atoms with van der Waals surface area (Å²) in [5, 5.41) is 0. The minimum Gasteiger partial charge on any atom is -0.300 e. The monoisotopic (exact) mass is 253 g/mol. The lowest BCUT2D eigenvalue weighted by atomic mass is 10.1. The van der Waals surface area contributed by atoms with Gasteiger partial charge in [-0.05, 0) is 12.8 Å². The molecule has 1 rings (SSSR count). The Bertz CT molecular complexity index is 303. The van der Waals surface area contributed by atoms with Crippen LogP contribution in [0.5, 0.6) is 0 Å². The van der Waals surface area contributed by atoms with Crippen LogP contribution in [-0.4, -0.2) is 29.0 Å². The molecule has 1 aliphatic rings. The first-order chi connectivity index (χ1) is 8.65. The second-order valence-electron chi connectivity index (χ2n) is 3.86. The van der Waals surface area contributed by atoms with Crippen LogP contribution in [0.25, 0.3) is 0 Å². The maximum absolute atomic E-state index is 11.2. The average Bonchev–Trinajstić information content (AvgIpc) is 2.71. The Labute approximate surface area is 109 Å². The summed E-state index contributed by atoms with van der Waals surface area (Å²) in [5.74, 6) is -0.181. The van der Waals surface area contributed by atoms with Crippen molar-refractivity contribution in [2.24, 2.45) is 0 Å². The van der Waals surface area contributed by atoms with Crippen LogP contribution in [-0.2, 0) is 14.4 Å². The highest BCUT2D eigenvalue weighted by Gasteiger charge is 2.22. The number of hydrogen-bond donors (Lipinski definition) is 0. The zero-order valence-electron chi connectivity index (χ0n) is 11.6. The van der Waals surface area contributed by atoms with E-state index in [0.29, 0.717) is 19.4 Å². The molecule has 18 heavy (non-hydrogen) atoms. The molecule has 102 valence electrons. The zero-order valence-corrected chi connectivity index (χ0v) is 11.6. The van der Waals surface area contributed by atoms with Crippen molar-refractivity contribution in [2.45, 2.75) is 52.9 Å². The first kappa shape index (κ1) is 16.6. The number of Topliss-reactive ketones (excluding diaryl/α,β-unsaturated/α-hetero) is 1. The van der Waals surface area contributed by atoms with Crippen molar-refractivity contribution in [1.29, 1.82) is 0 Å². The molecule has 1 heterocycles. The molecule has 4 nitrogen and oxygen atoms in total. The molecule has 0 unspecified atom stereocenters. The molecule has 0 aliphatic carbocycles. The van der Waals surface area contributed by atoms with Gasteiger partial charge in [0.15, 0.2) is 0 Å². The molecule has 0 atom stereocenters. The lowest BCUT2D eigenvalue weighted by molar-refractivity contribution is -0.136. The Morgan fingerprint density at radius 3 is 2.11 bits per heavy atom. The summed E-state index contributed by atoms with van der Waals surface area (Å²) in [6.07, 6.45) is 6.28. The highest BCUT2D eigenvalue weighted by molar-refractivity contribution is 6.12. The SMILES string of the molecule is CC.CCC(=O)CCCCCN1C(=O)C=CC1=O. The fourth-order valence-electron chi connectivity index (χ4n) is 1.60. The summed E-state index contributed by atoms with van der Waals surface area (Å²) in [6.45, 7) is 6.32. The third-order valence-electron chi connectivity index (χ3n) is 2.63. The van der Waals surface area contributed by atoms with Crippen LogP contribution in [0.3, 0.4) is 0 Å². The molecular weight excluding hydrogens is 230 g/mol. The molecule has 0 aromatic heterocycles. The fraction of sp³-hybridized carbons (Fsp3) is 0.643. The van der Waals surface area contributed by atoms with E-state index in [1.165, 1.54) is 17.1 Å². The molecule has 0 N–H and O–H groups in total. The van der Waals surface area contributed by atoms with E-state index in [2.05, 4.69) is 0 Å². The largest absolute Gasteiger partial charge is 0.300 e. The average molecular weight is 253 g/mol. The van der Waals surface area contributed by atoms with E-state index in [1.54, 1.807) is 0 Å². The fourth-order valence-corrected chi connectivity index (χ4v) is 1.60. The van der Waals surface area contributed by atoms with E-state index in [0.717, 1.165) is 19.3 Å². The summed E-state index contributed by atoms with van der Waals surface area (Å²) in [6, 6.07) is 0. The van der Waals surface area contributed by atoms with E-state index < -0.39 is 0 Å². The van der Waals surface area contributed by atoms with Gasteiger partial charge in [-0.1, -0.05) is 27.2 Å². The van der Waals surface area contributed by atoms with Gasteiger partial charge < -0.3 is 0 Å². The third kappa shape index (κ3) is 5.75. The van der Waals surface area contributed by atoms with E-state index in [9.17, 15) is 14.4 Å². The second-order valence-corrected chi connectivity index (χ2v) is 3.86. The molecular formula is C14H23NO3. The van der Waals surface area contributed by atoms with E-state index in [4.69, 9.17) is 0 Å². The first-order valence-corrected chi connectivity index (χ1v) is 6.70. The van der Waals surface area contributed by atoms with Gasteiger partial charge in [0.1, 0.15) is 5.78 Å². The Hall–Kier alpha value is -1.45. The number of nitrogens with zero attached hydrogens (tertiary/aromatic N) is 1. The Kier molecular flexibility index (Phi) is 8.80. The number of carbonyl (C=O) groups is 3. The van der Waals surface area contributed by atoms with Gasteiger partial charge >= 0.3 is 0 Å². The molecule has 0 saturated carbocycles. The molecule has 0 radical (unpaired) electrons. The number of rotatable bonds is 7. The summed E-state index contributed by atoms with van der Waals surface area (Å²) in [5.41, 5.74) is 0. The maximum Gasteiger partial charge on any atom is 0.253 e. The highest BCUT2D eigenvalue weighted by Crippen LogP contribution is 2.08. The standard InChI is InChI=1S/C12H17NO3.C2H6/c1-2-10(14)6-4-3-5-9-13-11(15)7-8-12(13)16;1-2/h7-8H,2-6,9H2,1H3;1-2H3. The Morgan fingerprint density at radius 2 is 1.61 bits per heavy atom. The molecule has 0 saturated heterocycles. The molecule has 2 amide bonds. The third-order valence-corrected chi connectivity index (χ3v) is 2.63. The first-order valence-electron chi connectivity index (χ1n) is 6.70. The topological polar surface area (TPSA) is 54.5 Å². The van der Waals surface area contributed by atoms with Crippen molar-refractivity contribution < 1.29 is 14.4 Å². The van der Waals surface area contributed by atoms with Crippen molar-refractivity contribution in [3.8, 4) is 0 Å². The number of hydrogen-bond acceptors (Lipinski definition) is 3. The van der Waals surface area contributed by atoms with Gasteiger partial charge in [0, 0.05) is 31.5 Å². The Balaban J connectivity index is 0.00000137. The Morgan fingerprint density at radius 1 is 1.06 bits per heavy atom. The summed E-state index contributed by atoms with van der Waals surface area (Å²) < 4.78 is 0. The van der Waals surface area contributed by atoms with Crippen LogP contribution >= 0.6 is 0 Å². The normalized spacial score (nSPS) is 13.6. The van der Waals surface area contributed by atoms with Crippen LogP contribution in [0.2, 0.25) is 0 Å². The van der Waals surface area contributed by atoms with Gasteiger partial charge in [0.05, 0.1) is 0 Å². The molecule has 4 heteroatoms. The number of unbranched alkanes of at least 4 members (excludes halogenated alkanes) is 2. The van der Waals surface area contributed by atoms with Crippen LogP contribution in [0, 0.1) is 0 Å². The molecule has 0 aromatic carbocycles. The van der Waals surface area contributed by atoms with Gasteiger partial charge in [-0.25, -0.2) is 0 Å². The highest BCUT2D eigenvalue weighted by atomic mass is 16.2. The smallest absolute Gasteiger partial charge is 0.253 e. The summed E-state index contributed by atoms with van der Waals surface area (Å²) >= 11 is 0. The quantitative estimate of drug-likeness (QED) is 0.517. The van der Waals surface area contributed by atoms with E-state index in [1.807, 2.05) is 20.8 Å². The van der Waals surface area contributed by atoms with Crippen LogP contribution in [0.4, 0.5) is 0 Å². The molecule has 0 bridgehead atoms. The van der Waals surface area contributed by atoms with Crippen LogP contribution < -0.4 is 0 Å². The summed E-state index contributed by atoms with van der Waals surface area (Å²) in [7, 11) is 0. The molecule has 1 aliphatic heterocycles. The lowest BCUT2D eigenvalue weighted by Crippen LogP contribution is -2.30. The van der Waals surface area contributed by atoms with Crippen LogP contribution in [0.1, 0.15) is 52.9 Å². The zero-order chi connectivity index (χ0) is 14.0. The van der Waals surface area contributed by atoms with Crippen molar-refractivity contribution in [1.82, 2.24) is 4.90 Å². The predicted molar refractivity (Wildman–Crippen MR) is 71.0 cm³/mol. The van der Waals surface area contributed by atoms with Gasteiger partial charge in [-0.2, -0.15) is 0 Å². The minimum atomic E-state index is -0.227. The number of carbonyl (C=O) groups excluding carboxylic acids is 3. The number of imide groups is 1. The van der Waals surface area contributed by atoms with Gasteiger partial charge in [0.25, 0.3) is 11.8 Å². The van der Waals surface area contributed by atoms with Crippen molar-refractivity contribution >= 4 is 17.6 Å². The minimum absolute atomic E-state index is 0.227. The van der Waals surface area contributed by atoms with Crippen molar-refractivity contribution in [3.63, 3.8) is 0 Å². The van der Waals surface area contributed by atoms with Crippen molar-refractivity contribution in [3.05, 3.63) is 12.2 Å². The van der Waals surface area contributed by atoms with Gasteiger partial charge in [0.2, 0.25) is 0 Å². The maximum atomic E-state index is 11.2. The van der Waals surface area contributed by atoms with Crippen molar-refractivity contribution in [2.75, 3.05) is 6.54 Å². The van der Waals surface area contributed by atoms with E-state index in [-0.39, 0.29) is 17.6 Å². The van der Waals surface area contributed by atoms with Gasteiger partial charge in [-0.3, -0.25) is 19.3 Å². The number of amides is 2. The van der Waals surface area contributed by atoms with E-state index >= 15 is 0 Å². The number of ketones is 1.